The van der Waals surface area contributed by atoms with Crippen molar-refractivity contribution in [2.75, 3.05) is 6.26 Å². The summed E-state index contributed by atoms with van der Waals surface area (Å²) in [6.45, 7) is 3.59. The zero-order chi connectivity index (χ0) is 24.6. The Morgan fingerprint density at radius 1 is 1.15 bits per heavy atom. The maximum Gasteiger partial charge on any atom is 0.259 e. The topological polar surface area (TPSA) is 139 Å². The Bertz CT molecular complexity index is 1070. The lowest BCUT2D eigenvalue weighted by atomic mass is 9.81. The number of hydrazine groups is 1. The largest absolute Gasteiger partial charge is 0.293 e. The predicted octanol–water partition coefficient (Wildman–Crippen LogP) is 2.64. The van der Waals surface area contributed by atoms with Gasteiger partial charge in [0.1, 0.15) is 0 Å². The van der Waals surface area contributed by atoms with Gasteiger partial charge < -0.3 is 0 Å². The van der Waals surface area contributed by atoms with E-state index < -0.39 is 32.3 Å². The zero-order valence-corrected chi connectivity index (χ0v) is 20.1. The molecule has 0 heterocycles. The normalized spacial score (nSPS) is 14.2. The molecule has 9 heteroatoms. The van der Waals surface area contributed by atoms with Crippen LogP contribution in [0.3, 0.4) is 0 Å². The fourth-order valence-corrected chi connectivity index (χ4v) is 5.95. The highest BCUT2D eigenvalue weighted by Crippen LogP contribution is 2.41. The van der Waals surface area contributed by atoms with Gasteiger partial charge in [-0.2, -0.15) is 0 Å². The van der Waals surface area contributed by atoms with E-state index in [4.69, 9.17) is 5.84 Å². The first-order valence-corrected chi connectivity index (χ1v) is 12.8. The quantitative estimate of drug-likeness (QED) is 0.171. The van der Waals surface area contributed by atoms with Crippen molar-refractivity contribution in [2.45, 2.75) is 56.6 Å². The van der Waals surface area contributed by atoms with E-state index in [0.29, 0.717) is 31.2 Å². The number of nitrogens with one attached hydrogen (secondary N) is 2. The van der Waals surface area contributed by atoms with E-state index in [0.717, 1.165) is 17.4 Å². The van der Waals surface area contributed by atoms with Crippen molar-refractivity contribution >= 4 is 21.7 Å². The van der Waals surface area contributed by atoms with Gasteiger partial charge in [0, 0.05) is 6.26 Å². The van der Waals surface area contributed by atoms with Crippen LogP contribution in [0.4, 0.5) is 0 Å². The minimum Gasteiger partial charge on any atom is -0.293 e. The van der Waals surface area contributed by atoms with Crippen molar-refractivity contribution in [3.63, 3.8) is 0 Å². The van der Waals surface area contributed by atoms with Crippen molar-refractivity contribution in [1.82, 2.24) is 10.9 Å². The van der Waals surface area contributed by atoms with Crippen molar-refractivity contribution in [3.8, 4) is 0 Å². The molecule has 0 aliphatic heterocycles. The molecule has 0 saturated heterocycles. The Morgan fingerprint density at radius 3 is 2.36 bits per heavy atom. The van der Waals surface area contributed by atoms with Crippen molar-refractivity contribution in [2.24, 2.45) is 5.84 Å². The highest BCUT2D eigenvalue weighted by molar-refractivity contribution is 7.92. The van der Waals surface area contributed by atoms with E-state index in [9.17, 15) is 23.2 Å². The smallest absolute Gasteiger partial charge is 0.259 e. The highest BCUT2D eigenvalue weighted by Gasteiger charge is 2.50. The Morgan fingerprint density at radius 2 is 1.82 bits per heavy atom. The van der Waals surface area contributed by atoms with Gasteiger partial charge in [-0.1, -0.05) is 67.4 Å². The number of rotatable bonds is 11. The lowest BCUT2D eigenvalue weighted by molar-refractivity contribution is -0.131. The SMILES string of the molecule is CCC[C@](C(=O)NN)(c1ccc(C)cc1[C@H](CCCc1ccccc1)C(=O)NO)S(C)(=O)=O. The maximum atomic E-state index is 13.1. The molecule has 33 heavy (non-hydrogen) atoms. The van der Waals surface area contributed by atoms with Gasteiger partial charge in [0.2, 0.25) is 0 Å². The molecule has 0 unspecified atom stereocenters. The number of hydroxylamine groups is 1. The molecule has 2 rings (SSSR count). The monoisotopic (exact) mass is 475 g/mol. The molecule has 2 aromatic carbocycles. The summed E-state index contributed by atoms with van der Waals surface area (Å²) in [6.07, 6.45) is 3.03. The second-order valence-electron chi connectivity index (χ2n) is 8.32. The number of nitrogens with two attached hydrogens (primary N) is 1. The van der Waals surface area contributed by atoms with Crippen LogP contribution in [-0.4, -0.2) is 31.7 Å². The van der Waals surface area contributed by atoms with Gasteiger partial charge in [0.05, 0.1) is 5.92 Å². The minimum atomic E-state index is -4.00. The van der Waals surface area contributed by atoms with E-state index in [-0.39, 0.29) is 12.0 Å². The van der Waals surface area contributed by atoms with Crippen LogP contribution in [0.15, 0.2) is 48.5 Å². The molecule has 0 fully saturated rings. The summed E-state index contributed by atoms with van der Waals surface area (Å²) in [5, 5.41) is 9.45. The third-order valence-electron chi connectivity index (χ3n) is 5.98. The summed E-state index contributed by atoms with van der Waals surface area (Å²) in [6, 6.07) is 14.7. The third-order valence-corrected chi connectivity index (χ3v) is 7.85. The molecule has 0 saturated carbocycles. The molecule has 0 spiro atoms. The molecule has 2 aromatic rings. The Labute approximate surface area is 195 Å². The number of carbonyl (C=O) groups excluding carboxylic acids is 2. The van der Waals surface area contributed by atoms with Gasteiger partial charge in [0.15, 0.2) is 14.6 Å². The molecule has 5 N–H and O–H groups in total. The lowest BCUT2D eigenvalue weighted by Gasteiger charge is -2.33. The standard InChI is InChI=1S/C24H33N3O5S/c1-4-15-24(23(29)26-25,33(3,31)32)21-14-13-17(2)16-20(21)19(22(28)27-30)12-8-11-18-9-6-5-7-10-18/h5-7,9-10,13-14,16,19,30H,4,8,11-12,15,25H2,1-3H3,(H,26,29)(H,27,28)/t19-,24+/m0/s1. The van der Waals surface area contributed by atoms with Crippen molar-refractivity contribution in [1.29, 1.82) is 0 Å². The maximum absolute atomic E-state index is 13.1. The third kappa shape index (κ3) is 5.79. The number of benzene rings is 2. The first-order valence-electron chi connectivity index (χ1n) is 10.9. The number of hydrogen-bond donors (Lipinski definition) is 4. The number of carbonyl (C=O) groups is 2. The zero-order valence-electron chi connectivity index (χ0n) is 19.3. The molecule has 0 aliphatic carbocycles. The van der Waals surface area contributed by atoms with Crippen LogP contribution in [0.2, 0.25) is 0 Å². The van der Waals surface area contributed by atoms with Crippen LogP contribution >= 0.6 is 0 Å². The fraction of sp³-hybridized carbons (Fsp3) is 0.417. The molecular weight excluding hydrogens is 442 g/mol. The molecule has 180 valence electrons. The molecule has 0 radical (unpaired) electrons. The van der Waals surface area contributed by atoms with E-state index in [1.165, 1.54) is 0 Å². The van der Waals surface area contributed by atoms with E-state index in [1.807, 2.05) is 42.7 Å². The Kier molecular flexibility index (Phi) is 9.16. The van der Waals surface area contributed by atoms with Crippen LogP contribution in [0.5, 0.6) is 0 Å². The lowest BCUT2D eigenvalue weighted by Crippen LogP contribution is -2.52. The average Bonchev–Trinajstić information content (AvgIpc) is 2.79. The Hall–Kier alpha value is -2.75. The van der Waals surface area contributed by atoms with Gasteiger partial charge in [-0.25, -0.2) is 19.7 Å². The van der Waals surface area contributed by atoms with Crippen molar-refractivity contribution < 1.29 is 23.2 Å². The van der Waals surface area contributed by atoms with Gasteiger partial charge in [-0.05, 0) is 49.3 Å². The summed E-state index contributed by atoms with van der Waals surface area (Å²) in [7, 11) is -4.00. The van der Waals surface area contributed by atoms with Gasteiger partial charge in [-0.3, -0.25) is 20.2 Å². The summed E-state index contributed by atoms with van der Waals surface area (Å²) in [5.41, 5.74) is 6.21. The molecule has 8 nitrogen and oxygen atoms in total. The molecule has 2 amide bonds. The Balaban J connectivity index is 2.63. The van der Waals surface area contributed by atoms with Crippen LogP contribution in [0.1, 0.15) is 60.8 Å². The number of amides is 2. The predicted molar refractivity (Wildman–Crippen MR) is 127 cm³/mol. The second kappa shape index (κ2) is 11.4. The first kappa shape index (κ1) is 26.5. The molecule has 2 atom stereocenters. The van der Waals surface area contributed by atoms with E-state index >= 15 is 0 Å². The molecular formula is C24H33N3O5S. The summed E-state index contributed by atoms with van der Waals surface area (Å²) >= 11 is 0. The van der Waals surface area contributed by atoms with Crippen molar-refractivity contribution in [3.05, 3.63) is 70.8 Å². The highest BCUT2D eigenvalue weighted by atomic mass is 32.2. The van der Waals surface area contributed by atoms with Crippen LogP contribution in [0.25, 0.3) is 0 Å². The number of aryl methyl sites for hydroxylation is 2. The van der Waals surface area contributed by atoms with E-state index in [2.05, 4.69) is 0 Å². The second-order valence-corrected chi connectivity index (χ2v) is 10.6. The summed E-state index contributed by atoms with van der Waals surface area (Å²) in [5.74, 6) is 3.04. The van der Waals surface area contributed by atoms with Crippen LogP contribution in [0, 0.1) is 6.92 Å². The average molecular weight is 476 g/mol. The van der Waals surface area contributed by atoms with Crippen LogP contribution in [-0.2, 0) is 30.6 Å². The number of hydrogen-bond acceptors (Lipinski definition) is 6. The van der Waals surface area contributed by atoms with Gasteiger partial charge in [-0.15, -0.1) is 0 Å². The van der Waals surface area contributed by atoms with Crippen LogP contribution < -0.4 is 16.7 Å². The fourth-order valence-electron chi connectivity index (χ4n) is 4.39. The molecule has 0 bridgehead atoms. The minimum absolute atomic E-state index is 0.0115. The summed E-state index contributed by atoms with van der Waals surface area (Å²) < 4.78 is 24.2. The number of sulfone groups is 1. The molecule has 0 aliphatic rings. The van der Waals surface area contributed by atoms with Gasteiger partial charge in [0.25, 0.3) is 11.8 Å². The van der Waals surface area contributed by atoms with E-state index in [1.54, 1.807) is 30.6 Å². The first-order chi connectivity index (χ1) is 15.6. The summed E-state index contributed by atoms with van der Waals surface area (Å²) in [4.78, 5) is 25.8. The van der Waals surface area contributed by atoms with Gasteiger partial charge >= 0.3 is 0 Å². The molecule has 0 aromatic heterocycles.